The molecule has 0 unspecified atom stereocenters. The SMILES string of the molecule is COC(=O)c1ccccc1NC(=O)c1cccc(NC(=O)c2cccc(OC)c2)c1. The Hall–Kier alpha value is -4.13. The smallest absolute Gasteiger partial charge is 0.339 e. The number of amides is 2. The van der Waals surface area contributed by atoms with Crippen molar-refractivity contribution in [2.24, 2.45) is 0 Å². The van der Waals surface area contributed by atoms with Crippen LogP contribution < -0.4 is 15.4 Å². The second-order valence-electron chi connectivity index (χ2n) is 6.26. The van der Waals surface area contributed by atoms with E-state index in [0.717, 1.165) is 0 Å². The van der Waals surface area contributed by atoms with E-state index in [-0.39, 0.29) is 11.5 Å². The molecule has 2 amide bonds. The fourth-order valence-corrected chi connectivity index (χ4v) is 2.78. The van der Waals surface area contributed by atoms with E-state index in [1.807, 2.05) is 0 Å². The van der Waals surface area contributed by atoms with Gasteiger partial charge in [-0.15, -0.1) is 0 Å². The van der Waals surface area contributed by atoms with E-state index in [9.17, 15) is 14.4 Å². The van der Waals surface area contributed by atoms with Crippen LogP contribution in [-0.4, -0.2) is 32.0 Å². The molecule has 0 aliphatic carbocycles. The summed E-state index contributed by atoms with van der Waals surface area (Å²) in [5, 5.41) is 5.46. The minimum Gasteiger partial charge on any atom is -0.497 e. The van der Waals surface area contributed by atoms with Crippen LogP contribution in [0.3, 0.4) is 0 Å². The highest BCUT2D eigenvalue weighted by atomic mass is 16.5. The quantitative estimate of drug-likeness (QED) is 0.606. The maximum atomic E-state index is 12.7. The number of nitrogens with one attached hydrogen (secondary N) is 2. The standard InChI is InChI=1S/C23H20N2O5/c1-29-18-10-6-8-16(14-18)21(26)24-17-9-5-7-15(13-17)22(27)25-20-12-4-3-11-19(20)23(28)30-2/h3-14H,1-2H3,(H,24,26)(H,25,27). The van der Waals surface area contributed by atoms with Gasteiger partial charge in [-0.1, -0.05) is 24.3 Å². The van der Waals surface area contributed by atoms with Crippen molar-refractivity contribution < 1.29 is 23.9 Å². The van der Waals surface area contributed by atoms with E-state index in [1.165, 1.54) is 14.2 Å². The monoisotopic (exact) mass is 404 g/mol. The zero-order valence-electron chi connectivity index (χ0n) is 16.5. The molecule has 7 heteroatoms. The molecule has 0 heterocycles. The summed E-state index contributed by atoms with van der Waals surface area (Å²) < 4.78 is 9.87. The van der Waals surface area contributed by atoms with Gasteiger partial charge < -0.3 is 20.1 Å². The minimum absolute atomic E-state index is 0.246. The third-order valence-electron chi connectivity index (χ3n) is 4.30. The van der Waals surface area contributed by atoms with E-state index in [1.54, 1.807) is 72.8 Å². The Kier molecular flexibility index (Phi) is 6.44. The van der Waals surface area contributed by atoms with Crippen LogP contribution in [0.1, 0.15) is 31.1 Å². The Labute approximate surface area is 173 Å². The number of carbonyl (C=O) groups is 3. The highest BCUT2D eigenvalue weighted by molar-refractivity contribution is 6.09. The van der Waals surface area contributed by atoms with E-state index >= 15 is 0 Å². The number of hydrogen-bond donors (Lipinski definition) is 2. The molecule has 3 aromatic rings. The molecule has 0 bridgehead atoms. The summed E-state index contributed by atoms with van der Waals surface area (Å²) in [6.07, 6.45) is 0. The lowest BCUT2D eigenvalue weighted by molar-refractivity contribution is 0.0601. The molecule has 0 fully saturated rings. The van der Waals surface area contributed by atoms with Gasteiger partial charge in [0, 0.05) is 16.8 Å². The van der Waals surface area contributed by atoms with E-state index < -0.39 is 11.9 Å². The number of hydrogen-bond acceptors (Lipinski definition) is 5. The summed E-state index contributed by atoms with van der Waals surface area (Å²) in [5.41, 5.74) is 1.78. The summed E-state index contributed by atoms with van der Waals surface area (Å²) in [6, 6.07) is 19.8. The fourth-order valence-electron chi connectivity index (χ4n) is 2.78. The molecule has 152 valence electrons. The van der Waals surface area contributed by atoms with Crippen molar-refractivity contribution >= 4 is 29.2 Å². The Morgan fingerprint density at radius 1 is 0.733 bits per heavy atom. The molecule has 0 atom stereocenters. The summed E-state index contributed by atoms with van der Waals surface area (Å²) in [4.78, 5) is 37.0. The van der Waals surface area contributed by atoms with Crippen LogP contribution in [0.2, 0.25) is 0 Å². The van der Waals surface area contributed by atoms with Crippen molar-refractivity contribution in [1.29, 1.82) is 0 Å². The molecule has 2 N–H and O–H groups in total. The summed E-state index contributed by atoms with van der Waals surface area (Å²) in [5.74, 6) is -0.739. The Morgan fingerprint density at radius 2 is 1.40 bits per heavy atom. The van der Waals surface area contributed by atoms with Gasteiger partial charge >= 0.3 is 5.97 Å². The number of esters is 1. The number of ether oxygens (including phenoxy) is 2. The normalized spacial score (nSPS) is 10.1. The van der Waals surface area contributed by atoms with Crippen LogP contribution in [0.4, 0.5) is 11.4 Å². The largest absolute Gasteiger partial charge is 0.497 e. The first-order valence-corrected chi connectivity index (χ1v) is 9.06. The van der Waals surface area contributed by atoms with Crippen LogP contribution in [-0.2, 0) is 4.74 Å². The van der Waals surface area contributed by atoms with Crippen molar-refractivity contribution in [2.75, 3.05) is 24.9 Å². The van der Waals surface area contributed by atoms with Crippen LogP contribution >= 0.6 is 0 Å². The minimum atomic E-state index is -0.551. The van der Waals surface area contributed by atoms with Gasteiger partial charge in [-0.05, 0) is 48.5 Å². The van der Waals surface area contributed by atoms with E-state index in [2.05, 4.69) is 10.6 Å². The topological polar surface area (TPSA) is 93.7 Å². The Bertz CT molecular complexity index is 1090. The first-order valence-electron chi connectivity index (χ1n) is 9.06. The molecule has 3 aromatic carbocycles. The lowest BCUT2D eigenvalue weighted by Gasteiger charge is -2.11. The molecule has 7 nitrogen and oxygen atoms in total. The highest BCUT2D eigenvalue weighted by Gasteiger charge is 2.15. The van der Waals surface area contributed by atoms with Gasteiger partial charge in [0.1, 0.15) is 5.75 Å². The molecule has 30 heavy (non-hydrogen) atoms. The summed E-state index contributed by atoms with van der Waals surface area (Å²) >= 11 is 0. The second kappa shape index (κ2) is 9.38. The molecule has 0 saturated carbocycles. The maximum Gasteiger partial charge on any atom is 0.339 e. The number of benzene rings is 3. The van der Waals surface area contributed by atoms with Gasteiger partial charge in [-0.25, -0.2) is 4.79 Å². The summed E-state index contributed by atoms with van der Waals surface area (Å²) in [6.45, 7) is 0. The molecular weight excluding hydrogens is 384 g/mol. The number of carbonyl (C=O) groups excluding carboxylic acids is 3. The van der Waals surface area contributed by atoms with Crippen molar-refractivity contribution in [1.82, 2.24) is 0 Å². The van der Waals surface area contributed by atoms with Crippen LogP contribution in [0.25, 0.3) is 0 Å². The first kappa shape index (κ1) is 20.6. The zero-order chi connectivity index (χ0) is 21.5. The van der Waals surface area contributed by atoms with E-state index in [4.69, 9.17) is 9.47 Å². The molecule has 0 aliphatic rings. The molecule has 3 rings (SSSR count). The van der Waals surface area contributed by atoms with Crippen molar-refractivity contribution in [3.8, 4) is 5.75 Å². The number of rotatable bonds is 6. The van der Waals surface area contributed by atoms with Crippen LogP contribution in [0, 0.1) is 0 Å². The Balaban J connectivity index is 1.76. The second-order valence-corrected chi connectivity index (χ2v) is 6.26. The summed E-state index contributed by atoms with van der Waals surface area (Å²) in [7, 11) is 2.80. The third kappa shape index (κ3) is 4.82. The first-order chi connectivity index (χ1) is 14.5. The van der Waals surface area contributed by atoms with Crippen molar-refractivity contribution in [3.63, 3.8) is 0 Å². The number of anilines is 2. The predicted molar refractivity (Wildman–Crippen MR) is 113 cm³/mol. The molecular formula is C23H20N2O5. The predicted octanol–water partition coefficient (Wildman–Crippen LogP) is 3.99. The molecule has 0 aliphatic heterocycles. The van der Waals surface area contributed by atoms with Crippen LogP contribution in [0.5, 0.6) is 5.75 Å². The van der Waals surface area contributed by atoms with Crippen molar-refractivity contribution in [3.05, 3.63) is 89.5 Å². The fraction of sp³-hybridized carbons (Fsp3) is 0.0870. The van der Waals surface area contributed by atoms with Gasteiger partial charge in [0.05, 0.1) is 25.5 Å². The lowest BCUT2D eigenvalue weighted by Crippen LogP contribution is -2.16. The number of para-hydroxylation sites is 1. The number of methoxy groups -OCH3 is 2. The van der Waals surface area contributed by atoms with Crippen molar-refractivity contribution in [2.45, 2.75) is 0 Å². The molecule has 0 aromatic heterocycles. The van der Waals surface area contributed by atoms with Gasteiger partial charge in [0.25, 0.3) is 11.8 Å². The molecule has 0 spiro atoms. The van der Waals surface area contributed by atoms with Crippen LogP contribution in [0.15, 0.2) is 72.8 Å². The highest BCUT2D eigenvalue weighted by Crippen LogP contribution is 2.19. The molecule has 0 saturated heterocycles. The van der Waals surface area contributed by atoms with E-state index in [0.29, 0.717) is 28.3 Å². The van der Waals surface area contributed by atoms with Gasteiger partial charge in [-0.2, -0.15) is 0 Å². The lowest BCUT2D eigenvalue weighted by atomic mass is 10.1. The van der Waals surface area contributed by atoms with Gasteiger partial charge in [-0.3, -0.25) is 9.59 Å². The van der Waals surface area contributed by atoms with Gasteiger partial charge in [0.2, 0.25) is 0 Å². The average Bonchev–Trinajstić information content (AvgIpc) is 2.79. The maximum absolute atomic E-state index is 12.7. The third-order valence-corrected chi connectivity index (χ3v) is 4.30. The molecule has 0 radical (unpaired) electrons. The average molecular weight is 404 g/mol. The zero-order valence-corrected chi connectivity index (χ0v) is 16.5. The Morgan fingerprint density at radius 3 is 2.13 bits per heavy atom. The van der Waals surface area contributed by atoms with Gasteiger partial charge in [0.15, 0.2) is 0 Å².